The van der Waals surface area contributed by atoms with Crippen LogP contribution in [0.5, 0.6) is 17.2 Å². The number of amides is 2. The lowest BCUT2D eigenvalue weighted by Gasteiger charge is -2.43. The largest absolute Gasteiger partial charge is 0.508 e. The molecule has 5 N–H and O–H groups in total. The molecule has 0 saturated heterocycles. The second-order valence-electron chi connectivity index (χ2n) is 9.08. The molecule has 2 amide bonds. The monoisotopic (exact) mass is 440 g/mol. The summed E-state index contributed by atoms with van der Waals surface area (Å²) < 4.78 is 6.08. The van der Waals surface area contributed by atoms with E-state index < -0.39 is 6.03 Å². The average molecular weight is 441 g/mol. The van der Waals surface area contributed by atoms with Crippen molar-refractivity contribution in [3.8, 4) is 17.2 Å². The van der Waals surface area contributed by atoms with E-state index in [1.165, 1.54) is 25.7 Å². The van der Waals surface area contributed by atoms with Crippen molar-refractivity contribution >= 4 is 6.03 Å². The molecule has 174 valence electrons. The number of nitrogens with two attached hydrogens (primary N) is 1. The fourth-order valence-electron chi connectivity index (χ4n) is 4.78. The number of benzene rings is 2. The van der Waals surface area contributed by atoms with Gasteiger partial charge in [-0.25, -0.2) is 4.79 Å². The van der Waals surface area contributed by atoms with Crippen LogP contribution >= 0.6 is 0 Å². The first-order valence-corrected chi connectivity index (χ1v) is 11.7. The van der Waals surface area contributed by atoms with Gasteiger partial charge in [-0.2, -0.15) is 0 Å². The van der Waals surface area contributed by atoms with Crippen LogP contribution in [-0.2, 0) is 5.41 Å². The molecule has 0 saturated carbocycles. The van der Waals surface area contributed by atoms with Crippen LogP contribution in [0.25, 0.3) is 0 Å². The van der Waals surface area contributed by atoms with E-state index in [0.717, 1.165) is 42.6 Å². The van der Waals surface area contributed by atoms with Crippen LogP contribution in [0, 0.1) is 0 Å². The van der Waals surface area contributed by atoms with Gasteiger partial charge in [0, 0.05) is 23.9 Å². The lowest BCUT2D eigenvalue weighted by molar-refractivity contribution is 0.162. The third-order valence-electron chi connectivity index (χ3n) is 6.66. The molecule has 2 unspecified atom stereocenters. The highest BCUT2D eigenvalue weighted by molar-refractivity contribution is 5.71. The third kappa shape index (κ3) is 6.09. The Balaban J connectivity index is 1.56. The van der Waals surface area contributed by atoms with E-state index >= 15 is 0 Å². The Kier molecular flexibility index (Phi) is 8.26. The molecule has 3 rings (SSSR count). The average Bonchev–Trinajstić information content (AvgIpc) is 2.76. The Hall–Kier alpha value is -2.89. The molecular weight excluding hydrogens is 404 g/mol. The molecule has 0 bridgehead atoms. The van der Waals surface area contributed by atoms with Gasteiger partial charge in [0.15, 0.2) is 0 Å². The summed E-state index contributed by atoms with van der Waals surface area (Å²) in [6.07, 6.45) is 8.99. The van der Waals surface area contributed by atoms with Gasteiger partial charge >= 0.3 is 6.03 Å². The number of fused-ring (bicyclic) bond motifs is 1. The predicted molar refractivity (Wildman–Crippen MR) is 126 cm³/mol. The Morgan fingerprint density at radius 2 is 1.62 bits per heavy atom. The number of aromatic hydroxyl groups is 2. The first kappa shape index (κ1) is 23.8. The van der Waals surface area contributed by atoms with Crippen molar-refractivity contribution in [3.63, 3.8) is 0 Å². The smallest absolute Gasteiger partial charge is 0.312 e. The number of unbranched alkanes of at least 4 members (excludes halogenated alkanes) is 6. The Morgan fingerprint density at radius 3 is 2.31 bits per heavy atom. The highest BCUT2D eigenvalue weighted by atomic mass is 16.5. The number of urea groups is 1. The highest BCUT2D eigenvalue weighted by Crippen LogP contribution is 2.49. The van der Waals surface area contributed by atoms with Crippen LogP contribution < -0.4 is 15.8 Å². The van der Waals surface area contributed by atoms with Crippen molar-refractivity contribution in [2.75, 3.05) is 13.2 Å². The summed E-state index contributed by atoms with van der Waals surface area (Å²) >= 11 is 0. The van der Waals surface area contributed by atoms with Gasteiger partial charge in [0.25, 0.3) is 0 Å². The summed E-state index contributed by atoms with van der Waals surface area (Å²) in [6, 6.07) is 12.5. The maximum absolute atomic E-state index is 10.7. The van der Waals surface area contributed by atoms with Crippen LogP contribution in [0.2, 0.25) is 0 Å². The molecule has 0 spiro atoms. The van der Waals surface area contributed by atoms with Gasteiger partial charge in [0.05, 0.1) is 6.61 Å². The van der Waals surface area contributed by atoms with Crippen LogP contribution in [0.1, 0.15) is 75.3 Å². The zero-order valence-corrected chi connectivity index (χ0v) is 19.0. The van der Waals surface area contributed by atoms with E-state index in [1.807, 2.05) is 18.2 Å². The molecule has 6 heteroatoms. The van der Waals surface area contributed by atoms with Crippen LogP contribution in [0.4, 0.5) is 4.79 Å². The van der Waals surface area contributed by atoms with Gasteiger partial charge in [-0.05, 0) is 42.2 Å². The van der Waals surface area contributed by atoms with Crippen molar-refractivity contribution in [3.05, 3.63) is 53.6 Å². The van der Waals surface area contributed by atoms with E-state index in [4.69, 9.17) is 10.5 Å². The highest BCUT2D eigenvalue weighted by Gasteiger charge is 2.42. The molecule has 32 heavy (non-hydrogen) atoms. The molecule has 0 fully saturated rings. The lowest BCUT2D eigenvalue weighted by Crippen LogP contribution is -2.40. The number of carbonyl (C=O) groups is 1. The summed E-state index contributed by atoms with van der Waals surface area (Å²) in [4.78, 5) is 10.7. The van der Waals surface area contributed by atoms with E-state index in [9.17, 15) is 15.0 Å². The number of nitrogens with one attached hydrogen (secondary N) is 1. The molecular formula is C26H36N2O4. The maximum Gasteiger partial charge on any atom is 0.312 e. The summed E-state index contributed by atoms with van der Waals surface area (Å²) in [6.45, 7) is 3.43. The number of phenolic OH excluding ortho intramolecular Hbond substituents is 2. The third-order valence-corrected chi connectivity index (χ3v) is 6.66. The van der Waals surface area contributed by atoms with E-state index in [-0.39, 0.29) is 22.8 Å². The topological polar surface area (TPSA) is 105 Å². The number of primary amides is 1. The summed E-state index contributed by atoms with van der Waals surface area (Å²) in [5.41, 5.74) is 7.17. The van der Waals surface area contributed by atoms with Gasteiger partial charge in [0.2, 0.25) is 0 Å². The number of hydrogen-bond acceptors (Lipinski definition) is 4. The first-order valence-electron chi connectivity index (χ1n) is 11.7. The van der Waals surface area contributed by atoms with Gasteiger partial charge in [-0.1, -0.05) is 63.6 Å². The summed E-state index contributed by atoms with van der Waals surface area (Å²) in [5, 5.41) is 22.2. The second kappa shape index (κ2) is 11.1. The fourth-order valence-corrected chi connectivity index (χ4v) is 4.78. The molecule has 2 aromatic rings. The van der Waals surface area contributed by atoms with E-state index in [1.54, 1.807) is 24.3 Å². The van der Waals surface area contributed by atoms with Crippen LogP contribution in [-0.4, -0.2) is 29.4 Å². The molecule has 1 heterocycles. The minimum atomic E-state index is -0.450. The zero-order valence-electron chi connectivity index (χ0n) is 19.0. The van der Waals surface area contributed by atoms with E-state index in [2.05, 4.69) is 12.2 Å². The lowest BCUT2D eigenvalue weighted by atomic mass is 9.66. The van der Waals surface area contributed by atoms with Gasteiger partial charge < -0.3 is 26.0 Å². The van der Waals surface area contributed by atoms with Gasteiger partial charge in [-0.15, -0.1) is 0 Å². The SMILES string of the molecule is CC1(c2ccc(O)cc2)COc2cc(O)ccc2C1CCCCCCCCCNC(N)=O. The number of carbonyl (C=O) groups excluding carboxylic acids is 1. The standard InChI is InChI=1S/C26H36N2O4/c1-26(19-10-12-20(29)13-11-19)18-32-24-17-21(30)14-15-22(24)23(26)9-7-5-3-2-4-6-8-16-28-25(27)31/h10-15,17,23,29-30H,2-9,16,18H2,1H3,(H3,27,28,31). The quantitative estimate of drug-likeness (QED) is 0.355. The van der Waals surface area contributed by atoms with Crippen molar-refractivity contribution in [2.24, 2.45) is 5.73 Å². The van der Waals surface area contributed by atoms with Crippen molar-refractivity contribution in [2.45, 2.75) is 69.6 Å². The number of phenols is 2. The maximum atomic E-state index is 10.7. The van der Waals surface area contributed by atoms with Crippen molar-refractivity contribution in [1.82, 2.24) is 5.32 Å². The molecule has 6 nitrogen and oxygen atoms in total. The molecule has 1 aliphatic rings. The zero-order chi connectivity index (χ0) is 23.0. The minimum Gasteiger partial charge on any atom is -0.508 e. The Labute approximate surface area is 190 Å². The molecule has 0 radical (unpaired) electrons. The van der Waals surface area contributed by atoms with E-state index in [0.29, 0.717) is 13.2 Å². The Bertz CT molecular complexity index is 884. The second-order valence-corrected chi connectivity index (χ2v) is 9.08. The molecule has 2 atom stereocenters. The molecule has 0 aromatic heterocycles. The summed E-state index contributed by atoms with van der Waals surface area (Å²) in [7, 11) is 0. The predicted octanol–water partition coefficient (Wildman–Crippen LogP) is 5.32. The normalized spacial score (nSPS) is 19.7. The van der Waals surface area contributed by atoms with Crippen LogP contribution in [0.3, 0.4) is 0 Å². The molecule has 0 aliphatic carbocycles. The molecule has 2 aromatic carbocycles. The van der Waals surface area contributed by atoms with Crippen molar-refractivity contribution in [1.29, 1.82) is 0 Å². The Morgan fingerprint density at radius 1 is 1.00 bits per heavy atom. The van der Waals surface area contributed by atoms with Gasteiger partial charge in [0.1, 0.15) is 17.2 Å². The summed E-state index contributed by atoms with van der Waals surface area (Å²) in [5.74, 6) is 1.54. The number of hydrogen-bond donors (Lipinski definition) is 4. The fraction of sp³-hybridized carbons (Fsp3) is 0.500. The number of ether oxygens (including phenoxy) is 1. The van der Waals surface area contributed by atoms with Crippen molar-refractivity contribution < 1.29 is 19.7 Å². The van der Waals surface area contributed by atoms with Crippen LogP contribution in [0.15, 0.2) is 42.5 Å². The number of rotatable bonds is 11. The van der Waals surface area contributed by atoms with Gasteiger partial charge in [-0.3, -0.25) is 0 Å². The molecule has 1 aliphatic heterocycles. The first-order chi connectivity index (χ1) is 15.4. The minimum absolute atomic E-state index is 0.203.